The highest BCUT2D eigenvalue weighted by Crippen LogP contribution is 2.20. The molecular weight excluding hydrogens is 402 g/mol. The lowest BCUT2D eigenvalue weighted by Gasteiger charge is -2.13. The van der Waals surface area contributed by atoms with E-state index in [0.717, 1.165) is 10.9 Å². The van der Waals surface area contributed by atoms with Crippen LogP contribution in [0.5, 0.6) is 0 Å². The van der Waals surface area contributed by atoms with Gasteiger partial charge in [-0.05, 0) is 43.8 Å². The van der Waals surface area contributed by atoms with Gasteiger partial charge in [-0.2, -0.15) is 0 Å². The first-order chi connectivity index (χ1) is 15.4. The first kappa shape index (κ1) is 28.5. The highest BCUT2D eigenvalue weighted by molar-refractivity contribution is 5.90. The molecule has 7 nitrogen and oxygen atoms in total. The molecule has 0 unspecified atom stereocenters. The third-order valence-electron chi connectivity index (χ3n) is 4.00. The summed E-state index contributed by atoms with van der Waals surface area (Å²) in [6, 6.07) is 8.74. The maximum absolute atomic E-state index is 12.6. The number of amides is 1. The largest absolute Gasteiger partial charge is 0.394 e. The Morgan fingerprint density at radius 1 is 1.16 bits per heavy atom. The summed E-state index contributed by atoms with van der Waals surface area (Å²) in [5, 5.41) is 6.32. The van der Waals surface area contributed by atoms with E-state index in [9.17, 15) is 9.59 Å². The number of benzene rings is 1. The molecule has 0 aliphatic heterocycles. The molecule has 3 aromatic rings. The minimum Gasteiger partial charge on any atom is -0.394 e. The van der Waals surface area contributed by atoms with Gasteiger partial charge >= 0.3 is 0 Å². The fraction of sp³-hybridized carbons (Fsp3) is 0.360. The fourth-order valence-corrected chi connectivity index (χ4v) is 2.56. The Bertz CT molecular complexity index is 1060. The van der Waals surface area contributed by atoms with Crippen molar-refractivity contribution in [3.8, 4) is 5.69 Å². The Hall–Kier alpha value is -3.48. The quantitative estimate of drug-likeness (QED) is 0.587. The zero-order valence-corrected chi connectivity index (χ0v) is 20.6. The van der Waals surface area contributed by atoms with Crippen LogP contribution < -0.4 is 16.2 Å². The molecule has 1 amide bonds. The molecule has 0 atom stereocenters. The zero-order valence-electron chi connectivity index (χ0n) is 20.6. The van der Waals surface area contributed by atoms with E-state index in [0.29, 0.717) is 29.3 Å². The van der Waals surface area contributed by atoms with Crippen molar-refractivity contribution in [2.24, 2.45) is 0 Å². The molecular formula is C25H37N5O2. The van der Waals surface area contributed by atoms with Gasteiger partial charge in [-0.1, -0.05) is 47.3 Å². The van der Waals surface area contributed by atoms with E-state index in [1.165, 1.54) is 0 Å². The summed E-state index contributed by atoms with van der Waals surface area (Å²) in [6.07, 6.45) is 3.75. The number of aryl methyl sites for hydroxylation is 2. The summed E-state index contributed by atoms with van der Waals surface area (Å²) in [4.78, 5) is 32.8. The van der Waals surface area contributed by atoms with Crippen LogP contribution in [0.4, 0.5) is 5.69 Å². The molecule has 0 aliphatic rings. The number of fused-ring (bicyclic) bond motifs is 1. The second kappa shape index (κ2) is 15.3. The van der Waals surface area contributed by atoms with E-state index in [-0.39, 0.29) is 11.5 Å². The average molecular weight is 440 g/mol. The van der Waals surface area contributed by atoms with Gasteiger partial charge in [0, 0.05) is 36.8 Å². The predicted molar refractivity (Wildman–Crippen MR) is 135 cm³/mol. The molecule has 0 radical (unpaired) electrons. The van der Waals surface area contributed by atoms with Crippen molar-refractivity contribution in [1.82, 2.24) is 19.9 Å². The Morgan fingerprint density at radius 2 is 1.78 bits per heavy atom. The van der Waals surface area contributed by atoms with Gasteiger partial charge in [0.1, 0.15) is 5.82 Å². The van der Waals surface area contributed by atoms with Gasteiger partial charge in [0.05, 0.1) is 5.69 Å². The summed E-state index contributed by atoms with van der Waals surface area (Å²) >= 11 is 0. The van der Waals surface area contributed by atoms with Crippen molar-refractivity contribution in [3.05, 3.63) is 71.0 Å². The van der Waals surface area contributed by atoms with Crippen molar-refractivity contribution < 1.29 is 4.79 Å². The molecule has 0 bridgehead atoms. The molecule has 32 heavy (non-hydrogen) atoms. The second-order valence-electron chi connectivity index (χ2n) is 6.10. The van der Waals surface area contributed by atoms with E-state index in [2.05, 4.69) is 27.2 Å². The number of aromatic nitrogens is 3. The zero-order chi connectivity index (χ0) is 24.7. The molecule has 0 fully saturated rings. The summed E-state index contributed by atoms with van der Waals surface area (Å²) in [5.41, 5.74) is 2.52. The number of nitrogens with one attached hydrogen (secondary N) is 2. The van der Waals surface area contributed by atoms with Crippen LogP contribution in [0.2, 0.25) is 0 Å². The van der Waals surface area contributed by atoms with Crippen LogP contribution in [-0.2, 0) is 4.79 Å². The molecule has 3 rings (SSSR count). The molecule has 1 aromatic carbocycles. The first-order valence-corrected chi connectivity index (χ1v) is 11.0. The van der Waals surface area contributed by atoms with Crippen molar-refractivity contribution in [3.63, 3.8) is 0 Å². The normalized spacial score (nSPS) is 9.12. The standard InChI is InChI=1S/C18H18N4O2.C3H7N.2C2H6/c1-4-16(23)21-13-6-5-7-14(9-13)22-17(24)8-11(2)15-10-19-12(3)20-18(15)22;1-3-4-2;2*1-2/h5-10H,4H2,1-3H3,(H,21,23);3-4H,1H2,2H3;2*1-2H3. The number of carbonyl (C=O) groups excluding carboxylic acids is 1. The maximum Gasteiger partial charge on any atom is 0.257 e. The molecule has 2 heterocycles. The minimum absolute atomic E-state index is 0.0774. The molecule has 2 N–H and O–H groups in total. The van der Waals surface area contributed by atoms with E-state index >= 15 is 0 Å². The van der Waals surface area contributed by atoms with Crippen molar-refractivity contribution >= 4 is 22.6 Å². The third-order valence-corrected chi connectivity index (χ3v) is 4.00. The van der Waals surface area contributed by atoms with E-state index < -0.39 is 0 Å². The van der Waals surface area contributed by atoms with Crippen LogP contribution in [0, 0.1) is 13.8 Å². The lowest BCUT2D eigenvalue weighted by atomic mass is 10.2. The lowest BCUT2D eigenvalue weighted by molar-refractivity contribution is -0.115. The topological polar surface area (TPSA) is 88.9 Å². The monoisotopic (exact) mass is 439 g/mol. The Balaban J connectivity index is 0.00000106. The predicted octanol–water partition coefficient (Wildman–Crippen LogP) is 5.15. The van der Waals surface area contributed by atoms with Gasteiger partial charge in [0.15, 0.2) is 5.65 Å². The second-order valence-corrected chi connectivity index (χ2v) is 6.10. The van der Waals surface area contributed by atoms with Crippen molar-refractivity contribution in [2.75, 3.05) is 12.4 Å². The molecule has 0 saturated carbocycles. The van der Waals surface area contributed by atoms with Crippen LogP contribution >= 0.6 is 0 Å². The Labute approximate surface area is 191 Å². The third kappa shape index (κ3) is 7.98. The van der Waals surface area contributed by atoms with Crippen molar-refractivity contribution in [2.45, 2.75) is 54.9 Å². The van der Waals surface area contributed by atoms with Crippen LogP contribution in [0.1, 0.15) is 52.4 Å². The summed E-state index contributed by atoms with van der Waals surface area (Å²) in [5.74, 6) is 0.517. The van der Waals surface area contributed by atoms with Gasteiger partial charge < -0.3 is 10.6 Å². The van der Waals surface area contributed by atoms with Crippen LogP contribution in [0.25, 0.3) is 16.7 Å². The van der Waals surface area contributed by atoms with Gasteiger partial charge in [0.25, 0.3) is 5.56 Å². The number of hydrogen-bond acceptors (Lipinski definition) is 5. The molecule has 0 aliphatic carbocycles. The van der Waals surface area contributed by atoms with Gasteiger partial charge in [-0.25, -0.2) is 9.97 Å². The van der Waals surface area contributed by atoms with Gasteiger partial charge in [0.2, 0.25) is 5.91 Å². The maximum atomic E-state index is 12.6. The first-order valence-electron chi connectivity index (χ1n) is 11.0. The van der Waals surface area contributed by atoms with E-state index in [4.69, 9.17) is 0 Å². The fourth-order valence-electron chi connectivity index (χ4n) is 2.56. The molecule has 2 aromatic heterocycles. The number of carbonyl (C=O) groups is 1. The molecule has 0 saturated heterocycles. The highest BCUT2D eigenvalue weighted by Gasteiger charge is 2.11. The smallest absolute Gasteiger partial charge is 0.257 e. The average Bonchev–Trinajstić information content (AvgIpc) is 2.81. The van der Waals surface area contributed by atoms with Crippen LogP contribution in [-0.4, -0.2) is 27.5 Å². The van der Waals surface area contributed by atoms with Crippen LogP contribution in [0.15, 0.2) is 54.1 Å². The Kier molecular flexibility index (Phi) is 13.7. The van der Waals surface area contributed by atoms with E-state index in [1.54, 1.807) is 55.1 Å². The Morgan fingerprint density at radius 3 is 2.34 bits per heavy atom. The number of anilines is 1. The number of nitrogens with zero attached hydrogens (tertiary/aromatic N) is 3. The summed E-state index contributed by atoms with van der Waals surface area (Å²) in [7, 11) is 1.81. The number of rotatable bonds is 4. The van der Waals surface area contributed by atoms with Gasteiger partial charge in [-0.15, -0.1) is 0 Å². The van der Waals surface area contributed by atoms with Gasteiger partial charge in [-0.3, -0.25) is 14.2 Å². The summed E-state index contributed by atoms with van der Waals surface area (Å²) in [6.45, 7) is 16.8. The SMILES string of the molecule is C=CNC.CC.CC.CCC(=O)Nc1cccc(-n2c(=O)cc(C)c3cnc(C)nc32)c1. The number of hydrogen-bond donors (Lipinski definition) is 2. The lowest BCUT2D eigenvalue weighted by Crippen LogP contribution is -2.20. The summed E-state index contributed by atoms with van der Waals surface area (Å²) < 4.78 is 1.54. The van der Waals surface area contributed by atoms with E-state index in [1.807, 2.05) is 47.7 Å². The molecule has 7 heteroatoms. The highest BCUT2D eigenvalue weighted by atomic mass is 16.1. The molecule has 174 valence electrons. The minimum atomic E-state index is -0.169. The number of pyridine rings is 1. The van der Waals surface area contributed by atoms with Crippen LogP contribution in [0.3, 0.4) is 0 Å². The van der Waals surface area contributed by atoms with Crippen molar-refractivity contribution in [1.29, 1.82) is 0 Å². The molecule has 0 spiro atoms.